The summed E-state index contributed by atoms with van der Waals surface area (Å²) in [6, 6.07) is 7.26. The van der Waals surface area contributed by atoms with Crippen LogP contribution in [0.4, 0.5) is 0 Å². The van der Waals surface area contributed by atoms with E-state index < -0.39 is 0 Å². The van der Waals surface area contributed by atoms with Crippen LogP contribution < -0.4 is 10.3 Å². The summed E-state index contributed by atoms with van der Waals surface area (Å²) in [5.74, 6) is 0.645. The Balaban J connectivity index is 1.85. The standard InChI is InChI=1S/C17H20N2O4/c1-19(17(21)15-4-3-7-23-15)10-12-8-11-9-13(22-2)5-6-14(11)18-16(12)20/h5-6,8-9,15H,3-4,7,10H2,1-2H3,(H,18,20). The van der Waals surface area contributed by atoms with Crippen molar-refractivity contribution in [2.75, 3.05) is 20.8 Å². The van der Waals surface area contributed by atoms with E-state index in [4.69, 9.17) is 9.47 Å². The van der Waals surface area contributed by atoms with Crippen molar-refractivity contribution in [1.82, 2.24) is 9.88 Å². The molecular weight excluding hydrogens is 296 g/mol. The first-order chi connectivity index (χ1) is 11.1. The molecule has 1 N–H and O–H groups in total. The first-order valence-corrected chi connectivity index (χ1v) is 7.65. The molecule has 0 saturated carbocycles. The Morgan fingerprint density at radius 3 is 2.96 bits per heavy atom. The lowest BCUT2D eigenvalue weighted by molar-refractivity contribution is -0.140. The van der Waals surface area contributed by atoms with Crippen LogP contribution >= 0.6 is 0 Å². The van der Waals surface area contributed by atoms with E-state index in [1.54, 1.807) is 37.3 Å². The SMILES string of the molecule is COc1ccc2[nH]c(=O)c(CN(C)C(=O)C3CCCO3)cc2c1. The van der Waals surface area contributed by atoms with Crippen LogP contribution in [0.5, 0.6) is 5.75 Å². The molecule has 0 bridgehead atoms. The van der Waals surface area contributed by atoms with Crippen LogP contribution in [-0.4, -0.2) is 42.7 Å². The van der Waals surface area contributed by atoms with Gasteiger partial charge in [0.25, 0.3) is 11.5 Å². The van der Waals surface area contributed by atoms with Gasteiger partial charge in [0.05, 0.1) is 13.7 Å². The summed E-state index contributed by atoms with van der Waals surface area (Å²) in [7, 11) is 3.29. The first-order valence-electron chi connectivity index (χ1n) is 7.65. The number of methoxy groups -OCH3 is 1. The number of rotatable bonds is 4. The maximum absolute atomic E-state index is 12.3. The fourth-order valence-corrected chi connectivity index (χ4v) is 2.83. The summed E-state index contributed by atoms with van der Waals surface area (Å²) in [6.07, 6.45) is 1.27. The van der Waals surface area contributed by atoms with Gasteiger partial charge in [0, 0.05) is 30.1 Å². The predicted molar refractivity (Wildman–Crippen MR) is 86.6 cm³/mol. The number of amides is 1. The molecule has 2 aromatic rings. The second-order valence-electron chi connectivity index (χ2n) is 5.77. The van der Waals surface area contributed by atoms with E-state index >= 15 is 0 Å². The van der Waals surface area contributed by atoms with Crippen LogP contribution in [-0.2, 0) is 16.1 Å². The van der Waals surface area contributed by atoms with Crippen LogP contribution in [0.1, 0.15) is 18.4 Å². The number of nitrogens with one attached hydrogen (secondary N) is 1. The van der Waals surface area contributed by atoms with Crippen molar-refractivity contribution in [3.63, 3.8) is 0 Å². The molecule has 1 atom stereocenters. The van der Waals surface area contributed by atoms with Crippen LogP contribution in [0.3, 0.4) is 0 Å². The van der Waals surface area contributed by atoms with E-state index in [-0.39, 0.29) is 24.1 Å². The van der Waals surface area contributed by atoms with Gasteiger partial charge < -0.3 is 19.4 Å². The van der Waals surface area contributed by atoms with E-state index in [2.05, 4.69) is 4.98 Å². The van der Waals surface area contributed by atoms with E-state index in [1.165, 1.54) is 0 Å². The number of aromatic amines is 1. The Kier molecular flexibility index (Phi) is 4.34. The number of nitrogens with zero attached hydrogens (tertiary/aromatic N) is 1. The van der Waals surface area contributed by atoms with Crippen LogP contribution in [0.25, 0.3) is 10.9 Å². The number of hydrogen-bond acceptors (Lipinski definition) is 4. The monoisotopic (exact) mass is 316 g/mol. The summed E-state index contributed by atoms with van der Waals surface area (Å²) < 4.78 is 10.6. The average molecular weight is 316 g/mol. The number of hydrogen-bond donors (Lipinski definition) is 1. The first kappa shape index (κ1) is 15.6. The quantitative estimate of drug-likeness (QED) is 0.931. The van der Waals surface area contributed by atoms with Gasteiger partial charge in [0.15, 0.2) is 0 Å². The van der Waals surface area contributed by atoms with Gasteiger partial charge in [0.2, 0.25) is 0 Å². The number of pyridine rings is 1. The van der Waals surface area contributed by atoms with Gasteiger partial charge in [-0.05, 0) is 37.1 Å². The molecule has 3 rings (SSSR count). The van der Waals surface area contributed by atoms with E-state index in [9.17, 15) is 9.59 Å². The minimum absolute atomic E-state index is 0.0763. The van der Waals surface area contributed by atoms with Crippen LogP contribution in [0, 0.1) is 0 Å². The van der Waals surface area contributed by atoms with Gasteiger partial charge >= 0.3 is 0 Å². The predicted octanol–water partition coefficient (Wildman–Crippen LogP) is 1.67. The molecule has 1 aromatic carbocycles. The Hall–Kier alpha value is -2.34. The van der Waals surface area contributed by atoms with Crippen molar-refractivity contribution in [3.8, 4) is 5.75 Å². The normalized spacial score (nSPS) is 17.4. The maximum Gasteiger partial charge on any atom is 0.253 e. The number of benzene rings is 1. The van der Waals surface area contributed by atoms with Crippen molar-refractivity contribution in [3.05, 3.63) is 40.2 Å². The zero-order chi connectivity index (χ0) is 16.4. The molecule has 23 heavy (non-hydrogen) atoms. The molecular formula is C17H20N2O4. The summed E-state index contributed by atoms with van der Waals surface area (Å²) >= 11 is 0. The van der Waals surface area contributed by atoms with Gasteiger partial charge in [-0.25, -0.2) is 0 Å². The van der Waals surface area contributed by atoms with E-state index in [1.807, 2.05) is 6.07 Å². The largest absolute Gasteiger partial charge is 0.497 e. The molecule has 1 saturated heterocycles. The number of likely N-dealkylation sites (N-methyl/N-ethyl adjacent to an activating group) is 1. The maximum atomic E-state index is 12.3. The molecule has 1 fully saturated rings. The van der Waals surface area contributed by atoms with Gasteiger partial charge in [0.1, 0.15) is 11.9 Å². The van der Waals surface area contributed by atoms with E-state index in [0.29, 0.717) is 12.2 Å². The molecule has 2 heterocycles. The summed E-state index contributed by atoms with van der Waals surface area (Å²) in [5.41, 5.74) is 1.10. The molecule has 1 aliphatic rings. The Morgan fingerprint density at radius 1 is 1.43 bits per heavy atom. The number of aromatic nitrogens is 1. The highest BCUT2D eigenvalue weighted by Crippen LogP contribution is 2.20. The highest BCUT2D eigenvalue weighted by atomic mass is 16.5. The highest BCUT2D eigenvalue weighted by molar-refractivity contribution is 5.82. The number of H-pyrrole nitrogens is 1. The lowest BCUT2D eigenvalue weighted by Gasteiger charge is -2.20. The van der Waals surface area contributed by atoms with Crippen LogP contribution in [0.2, 0.25) is 0 Å². The third kappa shape index (κ3) is 3.22. The third-order valence-electron chi connectivity index (χ3n) is 4.12. The molecule has 0 radical (unpaired) electrons. The van der Waals surface area contributed by atoms with Crippen molar-refractivity contribution in [2.24, 2.45) is 0 Å². The number of fused-ring (bicyclic) bond motifs is 1. The van der Waals surface area contributed by atoms with Gasteiger partial charge in [-0.1, -0.05) is 0 Å². The summed E-state index contributed by atoms with van der Waals surface area (Å²) in [6.45, 7) is 0.877. The Labute approximate surface area is 134 Å². The molecule has 1 unspecified atom stereocenters. The van der Waals surface area contributed by atoms with Crippen molar-refractivity contribution >= 4 is 16.8 Å². The summed E-state index contributed by atoms with van der Waals surface area (Å²) in [4.78, 5) is 28.9. The molecule has 1 amide bonds. The molecule has 122 valence electrons. The molecule has 6 heteroatoms. The van der Waals surface area contributed by atoms with Gasteiger partial charge in [-0.15, -0.1) is 0 Å². The van der Waals surface area contributed by atoms with Crippen molar-refractivity contribution in [1.29, 1.82) is 0 Å². The number of carbonyl (C=O) groups is 1. The fraction of sp³-hybridized carbons (Fsp3) is 0.412. The van der Waals surface area contributed by atoms with E-state index in [0.717, 1.165) is 29.5 Å². The molecule has 0 aliphatic carbocycles. The fourth-order valence-electron chi connectivity index (χ4n) is 2.83. The minimum atomic E-state index is -0.375. The lowest BCUT2D eigenvalue weighted by atomic mass is 10.1. The summed E-state index contributed by atoms with van der Waals surface area (Å²) in [5, 5.41) is 0.872. The van der Waals surface area contributed by atoms with Gasteiger partial charge in [-0.3, -0.25) is 9.59 Å². The van der Waals surface area contributed by atoms with Crippen molar-refractivity contribution in [2.45, 2.75) is 25.5 Å². The number of carbonyl (C=O) groups excluding carboxylic acids is 1. The lowest BCUT2D eigenvalue weighted by Crippen LogP contribution is -2.36. The van der Waals surface area contributed by atoms with Gasteiger partial charge in [-0.2, -0.15) is 0 Å². The molecule has 6 nitrogen and oxygen atoms in total. The zero-order valence-electron chi connectivity index (χ0n) is 13.3. The molecule has 1 aliphatic heterocycles. The second kappa shape index (κ2) is 6.42. The number of ether oxygens (including phenoxy) is 2. The minimum Gasteiger partial charge on any atom is -0.497 e. The smallest absolute Gasteiger partial charge is 0.253 e. The van der Waals surface area contributed by atoms with Crippen molar-refractivity contribution < 1.29 is 14.3 Å². The highest BCUT2D eigenvalue weighted by Gasteiger charge is 2.26. The Bertz CT molecular complexity index is 778. The molecule has 1 aromatic heterocycles. The zero-order valence-corrected chi connectivity index (χ0v) is 13.3. The topological polar surface area (TPSA) is 71.6 Å². The van der Waals surface area contributed by atoms with Crippen LogP contribution in [0.15, 0.2) is 29.1 Å². The second-order valence-corrected chi connectivity index (χ2v) is 5.77. The third-order valence-corrected chi connectivity index (χ3v) is 4.12. The Morgan fingerprint density at radius 2 is 2.26 bits per heavy atom. The molecule has 0 spiro atoms. The average Bonchev–Trinajstić information content (AvgIpc) is 3.08.